The van der Waals surface area contributed by atoms with Crippen molar-refractivity contribution in [3.05, 3.63) is 71.5 Å². The maximum absolute atomic E-state index is 12.3. The first-order chi connectivity index (χ1) is 13.1. The number of hydrogen-bond acceptors (Lipinski definition) is 5. The monoisotopic (exact) mass is 394 g/mol. The lowest BCUT2D eigenvalue weighted by atomic mass is 10.0. The maximum atomic E-state index is 12.3. The van der Waals surface area contributed by atoms with Gasteiger partial charge in [0.25, 0.3) is 5.91 Å². The molecular formula is C21H18N2O2S2. The van der Waals surface area contributed by atoms with E-state index in [1.165, 1.54) is 11.8 Å². The number of thiocarbonyl (C=S) groups is 1. The molecule has 0 aromatic heterocycles. The molecule has 0 aliphatic carbocycles. The van der Waals surface area contributed by atoms with Crippen LogP contribution in [0.4, 0.5) is 5.69 Å². The Hall–Kier alpha value is -2.57. The predicted octanol–water partition coefficient (Wildman–Crippen LogP) is 4.79. The highest BCUT2D eigenvalue weighted by Crippen LogP contribution is 2.41. The van der Waals surface area contributed by atoms with Crippen LogP contribution in [0.2, 0.25) is 0 Å². The number of carbonyl (C=O) groups is 1. The van der Waals surface area contributed by atoms with E-state index in [0.717, 1.165) is 22.6 Å². The van der Waals surface area contributed by atoms with Gasteiger partial charge in [0, 0.05) is 19.7 Å². The number of nitrogens with zero attached hydrogens (tertiary/aromatic N) is 2. The largest absolute Gasteiger partial charge is 0.439 e. The summed E-state index contributed by atoms with van der Waals surface area (Å²) in [7, 11) is 1.96. The maximum Gasteiger partial charge on any atom is 0.266 e. The Morgan fingerprint density at radius 1 is 1.11 bits per heavy atom. The van der Waals surface area contributed by atoms with Gasteiger partial charge in [-0.2, -0.15) is 0 Å². The minimum absolute atomic E-state index is 0.0473. The van der Waals surface area contributed by atoms with Crippen molar-refractivity contribution < 1.29 is 9.53 Å². The first-order valence-electron chi connectivity index (χ1n) is 8.65. The smallest absolute Gasteiger partial charge is 0.266 e. The van der Waals surface area contributed by atoms with E-state index >= 15 is 0 Å². The molecule has 0 saturated carbocycles. The van der Waals surface area contributed by atoms with Gasteiger partial charge in [-0.1, -0.05) is 60.4 Å². The SMILES string of the molecule is CCN1C(=O)/C(=C/C=C2/Oc3ccc(-c4ccccc4)cc3N2C)SC1=S. The minimum Gasteiger partial charge on any atom is -0.439 e. The molecule has 0 N–H and O–H groups in total. The van der Waals surface area contributed by atoms with E-state index in [1.54, 1.807) is 11.0 Å². The quantitative estimate of drug-likeness (QED) is 0.552. The van der Waals surface area contributed by atoms with E-state index in [2.05, 4.69) is 24.3 Å². The number of anilines is 1. The highest BCUT2D eigenvalue weighted by atomic mass is 32.2. The predicted molar refractivity (Wildman–Crippen MR) is 115 cm³/mol. The average Bonchev–Trinajstić information content (AvgIpc) is 3.15. The summed E-state index contributed by atoms with van der Waals surface area (Å²) in [6, 6.07) is 16.4. The van der Waals surface area contributed by atoms with Gasteiger partial charge in [-0.25, -0.2) is 0 Å². The lowest BCUT2D eigenvalue weighted by Gasteiger charge is -2.11. The molecule has 2 heterocycles. The molecular weight excluding hydrogens is 376 g/mol. The molecule has 0 spiro atoms. The Labute approximate surface area is 168 Å². The number of carbonyl (C=O) groups excluding carboxylic acids is 1. The van der Waals surface area contributed by atoms with E-state index in [0.29, 0.717) is 21.7 Å². The average molecular weight is 395 g/mol. The second kappa shape index (κ2) is 7.21. The molecule has 0 unspecified atom stereocenters. The van der Waals surface area contributed by atoms with Crippen LogP contribution in [0.25, 0.3) is 11.1 Å². The molecule has 2 aliphatic rings. The van der Waals surface area contributed by atoms with Crippen molar-refractivity contribution in [2.45, 2.75) is 6.92 Å². The topological polar surface area (TPSA) is 32.8 Å². The molecule has 136 valence electrons. The summed E-state index contributed by atoms with van der Waals surface area (Å²) in [5.41, 5.74) is 3.29. The zero-order valence-electron chi connectivity index (χ0n) is 15.0. The summed E-state index contributed by atoms with van der Waals surface area (Å²) in [5.74, 6) is 1.43. The van der Waals surface area contributed by atoms with Gasteiger partial charge in [-0.3, -0.25) is 9.69 Å². The Balaban J connectivity index is 1.60. The number of likely N-dealkylation sites (N-methyl/N-ethyl adjacent to an activating group) is 1. The van der Waals surface area contributed by atoms with Gasteiger partial charge < -0.3 is 9.64 Å². The molecule has 0 radical (unpaired) electrons. The molecule has 2 aromatic carbocycles. The summed E-state index contributed by atoms with van der Waals surface area (Å²) in [6.07, 6.45) is 3.61. The van der Waals surface area contributed by atoms with E-state index < -0.39 is 0 Å². The number of benzene rings is 2. The number of hydrogen-bond donors (Lipinski definition) is 0. The molecule has 6 heteroatoms. The van der Waals surface area contributed by atoms with Gasteiger partial charge in [0.05, 0.1) is 10.6 Å². The number of ether oxygens (including phenoxy) is 1. The number of amides is 1. The second-order valence-corrected chi connectivity index (χ2v) is 7.84. The third kappa shape index (κ3) is 3.26. The fraction of sp³-hybridized carbons (Fsp3) is 0.143. The highest BCUT2D eigenvalue weighted by molar-refractivity contribution is 8.26. The molecule has 1 fully saturated rings. The fourth-order valence-corrected chi connectivity index (χ4v) is 4.38. The van der Waals surface area contributed by atoms with Gasteiger partial charge >= 0.3 is 0 Å². The molecule has 2 aliphatic heterocycles. The normalized spacial score (nSPS) is 19.2. The van der Waals surface area contributed by atoms with Crippen molar-refractivity contribution >= 4 is 39.9 Å². The molecule has 1 saturated heterocycles. The zero-order chi connectivity index (χ0) is 19.0. The zero-order valence-corrected chi connectivity index (χ0v) is 16.6. The van der Waals surface area contributed by atoms with Crippen LogP contribution in [0.3, 0.4) is 0 Å². The van der Waals surface area contributed by atoms with Crippen LogP contribution >= 0.6 is 24.0 Å². The van der Waals surface area contributed by atoms with Crippen LogP contribution in [-0.4, -0.2) is 28.7 Å². The third-order valence-corrected chi connectivity index (χ3v) is 5.94. The van der Waals surface area contributed by atoms with Gasteiger partial charge in [-0.15, -0.1) is 0 Å². The minimum atomic E-state index is -0.0473. The van der Waals surface area contributed by atoms with E-state index in [-0.39, 0.29) is 5.91 Å². The molecule has 27 heavy (non-hydrogen) atoms. The van der Waals surface area contributed by atoms with Crippen molar-refractivity contribution in [3.63, 3.8) is 0 Å². The highest BCUT2D eigenvalue weighted by Gasteiger charge is 2.30. The number of thioether (sulfide) groups is 1. The Morgan fingerprint density at radius 3 is 2.59 bits per heavy atom. The summed E-state index contributed by atoms with van der Waals surface area (Å²) in [6.45, 7) is 2.50. The number of rotatable bonds is 3. The van der Waals surface area contributed by atoms with Crippen LogP contribution < -0.4 is 9.64 Å². The van der Waals surface area contributed by atoms with Crippen molar-refractivity contribution in [2.75, 3.05) is 18.5 Å². The first-order valence-corrected chi connectivity index (χ1v) is 9.87. The summed E-state index contributed by atoms with van der Waals surface area (Å²) in [4.78, 5) is 16.5. The van der Waals surface area contributed by atoms with Crippen molar-refractivity contribution in [2.24, 2.45) is 0 Å². The van der Waals surface area contributed by atoms with Gasteiger partial charge in [0.15, 0.2) is 11.6 Å². The Bertz CT molecular complexity index is 983. The lowest BCUT2D eigenvalue weighted by molar-refractivity contribution is -0.122. The Kier molecular flexibility index (Phi) is 4.76. The molecule has 2 aromatic rings. The molecule has 4 rings (SSSR count). The summed E-state index contributed by atoms with van der Waals surface area (Å²) in [5, 5.41) is 0. The van der Waals surface area contributed by atoms with Crippen molar-refractivity contribution in [1.82, 2.24) is 4.90 Å². The van der Waals surface area contributed by atoms with Crippen molar-refractivity contribution in [1.29, 1.82) is 0 Å². The van der Waals surface area contributed by atoms with Crippen molar-refractivity contribution in [3.8, 4) is 16.9 Å². The standard InChI is InChI=1S/C21H18N2O2S2/c1-3-23-20(24)18(27-21(23)26)11-12-19-22(2)16-13-15(9-10-17(16)25-19)14-7-5-4-6-8-14/h4-13H,3H2,1-2H3/b18-11-,19-12+. The summed E-state index contributed by atoms with van der Waals surface area (Å²) >= 11 is 6.57. The van der Waals surface area contributed by atoms with Gasteiger partial charge in [0.1, 0.15) is 4.32 Å². The summed E-state index contributed by atoms with van der Waals surface area (Å²) < 4.78 is 6.56. The lowest BCUT2D eigenvalue weighted by Crippen LogP contribution is -2.27. The molecule has 4 nitrogen and oxygen atoms in total. The van der Waals surface area contributed by atoms with E-state index in [4.69, 9.17) is 17.0 Å². The van der Waals surface area contributed by atoms with E-state index in [9.17, 15) is 4.79 Å². The molecule has 0 atom stereocenters. The Morgan fingerprint density at radius 2 is 1.89 bits per heavy atom. The second-order valence-electron chi connectivity index (χ2n) is 6.16. The van der Waals surface area contributed by atoms with Gasteiger partial charge in [0.2, 0.25) is 0 Å². The number of fused-ring (bicyclic) bond motifs is 1. The van der Waals surface area contributed by atoms with Crippen LogP contribution in [0.15, 0.2) is 71.5 Å². The van der Waals surface area contributed by atoms with E-state index in [1.807, 2.05) is 49.2 Å². The van der Waals surface area contributed by atoms with Crippen LogP contribution in [0.1, 0.15) is 6.92 Å². The first kappa shape index (κ1) is 17.8. The number of allylic oxidation sites excluding steroid dienone is 2. The van der Waals surface area contributed by atoms with Crippen LogP contribution in [-0.2, 0) is 4.79 Å². The van der Waals surface area contributed by atoms with Crippen LogP contribution in [0, 0.1) is 0 Å². The van der Waals surface area contributed by atoms with Crippen LogP contribution in [0.5, 0.6) is 5.75 Å². The molecule has 1 amide bonds. The molecule has 0 bridgehead atoms. The fourth-order valence-electron chi connectivity index (χ4n) is 3.06. The third-order valence-electron chi connectivity index (χ3n) is 4.54. The van der Waals surface area contributed by atoms with Gasteiger partial charge in [-0.05, 0) is 36.3 Å².